The Labute approximate surface area is 105 Å². The molecule has 4 heteroatoms. The smallest absolute Gasteiger partial charge is 0.274 e. The van der Waals surface area contributed by atoms with Crippen molar-refractivity contribution in [2.75, 3.05) is 0 Å². The Morgan fingerprint density at radius 1 is 1.24 bits per heavy atom. The van der Waals surface area contributed by atoms with Crippen LogP contribution in [0.3, 0.4) is 0 Å². The van der Waals surface area contributed by atoms with E-state index in [0.29, 0.717) is 5.02 Å². The average molecular weight is 251 g/mol. The Bertz CT molecular complexity index is 578. The van der Waals surface area contributed by atoms with E-state index < -0.39 is 0 Å². The van der Waals surface area contributed by atoms with Crippen LogP contribution in [-0.4, -0.2) is 9.78 Å². The van der Waals surface area contributed by atoms with Gasteiger partial charge in [0.15, 0.2) is 0 Å². The van der Waals surface area contributed by atoms with Gasteiger partial charge in [-0.2, -0.15) is 0 Å². The minimum Gasteiger partial charge on any atom is -0.295 e. The van der Waals surface area contributed by atoms with Crippen molar-refractivity contribution in [3.05, 3.63) is 50.9 Å². The maximum atomic E-state index is 12.2. The number of benzene rings is 1. The molecule has 1 aromatic carbocycles. The first kappa shape index (κ1) is 12.0. The Morgan fingerprint density at radius 3 is 2.29 bits per heavy atom. The van der Waals surface area contributed by atoms with Crippen LogP contribution in [0.5, 0.6) is 0 Å². The van der Waals surface area contributed by atoms with Gasteiger partial charge in [-0.3, -0.25) is 9.89 Å². The van der Waals surface area contributed by atoms with Crippen molar-refractivity contribution in [2.24, 2.45) is 0 Å². The highest BCUT2D eigenvalue weighted by atomic mass is 35.5. The van der Waals surface area contributed by atoms with Crippen LogP contribution in [0.2, 0.25) is 5.02 Å². The highest BCUT2D eigenvalue weighted by Gasteiger charge is 2.14. The van der Waals surface area contributed by atoms with Gasteiger partial charge < -0.3 is 0 Å². The maximum Gasteiger partial charge on any atom is 0.274 e. The van der Waals surface area contributed by atoms with E-state index in [0.717, 1.165) is 16.9 Å². The summed E-state index contributed by atoms with van der Waals surface area (Å²) >= 11 is 5.83. The topological polar surface area (TPSA) is 37.8 Å². The molecule has 3 nitrogen and oxygen atoms in total. The fraction of sp³-hybridized carbons (Fsp3) is 0.308. The average Bonchev–Trinajstić information content (AvgIpc) is 2.55. The number of nitrogens with zero attached hydrogens (tertiary/aromatic N) is 1. The molecule has 0 bridgehead atoms. The SMILES string of the molecule is Cc1[nH]n(-c2ccc(Cl)cc2)c(=O)c1C(C)C. The Hall–Kier alpha value is -1.48. The third-order valence-electron chi connectivity index (χ3n) is 2.78. The molecule has 17 heavy (non-hydrogen) atoms. The number of aromatic nitrogens is 2. The first-order valence-electron chi connectivity index (χ1n) is 5.58. The fourth-order valence-corrected chi connectivity index (χ4v) is 2.14. The maximum absolute atomic E-state index is 12.2. The van der Waals surface area contributed by atoms with E-state index >= 15 is 0 Å². The van der Waals surface area contributed by atoms with Crippen molar-refractivity contribution in [1.29, 1.82) is 0 Å². The van der Waals surface area contributed by atoms with Gasteiger partial charge in [-0.05, 0) is 37.1 Å². The zero-order chi connectivity index (χ0) is 12.6. The molecule has 0 saturated carbocycles. The summed E-state index contributed by atoms with van der Waals surface area (Å²) in [5.41, 5.74) is 2.56. The minimum absolute atomic E-state index is 0.0137. The van der Waals surface area contributed by atoms with Gasteiger partial charge in [0, 0.05) is 16.3 Å². The molecule has 0 saturated heterocycles. The van der Waals surface area contributed by atoms with E-state index in [1.165, 1.54) is 0 Å². The lowest BCUT2D eigenvalue weighted by Crippen LogP contribution is -2.17. The summed E-state index contributed by atoms with van der Waals surface area (Å²) in [6.07, 6.45) is 0. The molecule has 0 unspecified atom stereocenters. The summed E-state index contributed by atoms with van der Waals surface area (Å²) in [4.78, 5) is 12.2. The van der Waals surface area contributed by atoms with E-state index in [9.17, 15) is 4.79 Å². The molecule has 0 aliphatic rings. The molecule has 1 aromatic heterocycles. The molecule has 1 N–H and O–H groups in total. The number of nitrogens with one attached hydrogen (secondary N) is 1. The van der Waals surface area contributed by atoms with Crippen molar-refractivity contribution < 1.29 is 0 Å². The molecule has 0 fully saturated rings. The summed E-state index contributed by atoms with van der Waals surface area (Å²) in [5.74, 6) is 0.215. The van der Waals surface area contributed by atoms with Gasteiger partial charge in [-0.15, -0.1) is 0 Å². The highest BCUT2D eigenvalue weighted by molar-refractivity contribution is 6.30. The van der Waals surface area contributed by atoms with Crippen LogP contribution in [-0.2, 0) is 0 Å². The van der Waals surface area contributed by atoms with Gasteiger partial charge in [0.2, 0.25) is 0 Å². The van der Waals surface area contributed by atoms with Crippen molar-refractivity contribution >= 4 is 11.6 Å². The zero-order valence-electron chi connectivity index (χ0n) is 10.1. The third-order valence-corrected chi connectivity index (χ3v) is 3.03. The Kier molecular flexibility index (Phi) is 3.11. The summed E-state index contributed by atoms with van der Waals surface area (Å²) < 4.78 is 1.56. The fourth-order valence-electron chi connectivity index (χ4n) is 2.01. The van der Waals surface area contributed by atoms with Crippen molar-refractivity contribution in [3.63, 3.8) is 0 Å². The van der Waals surface area contributed by atoms with E-state index in [1.54, 1.807) is 16.8 Å². The second-order valence-electron chi connectivity index (χ2n) is 4.42. The molecule has 0 aliphatic heterocycles. The Balaban J connectivity index is 2.58. The number of hydrogen-bond acceptors (Lipinski definition) is 1. The van der Waals surface area contributed by atoms with Crippen LogP contribution in [0, 0.1) is 6.92 Å². The number of hydrogen-bond donors (Lipinski definition) is 1. The third kappa shape index (κ3) is 2.15. The second kappa shape index (κ2) is 4.41. The predicted octanol–water partition coefficient (Wildman–Crippen LogP) is 3.25. The number of H-pyrrole nitrogens is 1. The molecule has 0 aliphatic carbocycles. The van der Waals surface area contributed by atoms with Crippen LogP contribution >= 0.6 is 11.6 Å². The second-order valence-corrected chi connectivity index (χ2v) is 4.86. The lowest BCUT2D eigenvalue weighted by atomic mass is 10.1. The molecule has 90 valence electrons. The van der Waals surface area contributed by atoms with Gasteiger partial charge >= 0.3 is 0 Å². The number of aromatic amines is 1. The van der Waals surface area contributed by atoms with Crippen molar-refractivity contribution in [3.8, 4) is 5.69 Å². The molecular formula is C13H15ClN2O. The van der Waals surface area contributed by atoms with Crippen LogP contribution < -0.4 is 5.56 Å². The number of halogens is 1. The summed E-state index contributed by atoms with van der Waals surface area (Å²) in [7, 11) is 0. The molecule has 2 aromatic rings. The van der Waals surface area contributed by atoms with Crippen LogP contribution in [0.25, 0.3) is 5.69 Å². The van der Waals surface area contributed by atoms with E-state index in [2.05, 4.69) is 5.10 Å². The van der Waals surface area contributed by atoms with Gasteiger partial charge in [0.25, 0.3) is 5.56 Å². The molecule has 0 amide bonds. The normalized spacial score (nSPS) is 11.1. The molecule has 0 atom stereocenters. The first-order chi connectivity index (χ1) is 8.00. The molecule has 1 heterocycles. The Morgan fingerprint density at radius 2 is 1.82 bits per heavy atom. The van der Waals surface area contributed by atoms with Crippen LogP contribution in [0.15, 0.2) is 29.1 Å². The predicted molar refractivity (Wildman–Crippen MR) is 70.2 cm³/mol. The quantitative estimate of drug-likeness (QED) is 0.873. The zero-order valence-corrected chi connectivity index (χ0v) is 10.9. The summed E-state index contributed by atoms with van der Waals surface area (Å²) in [5, 5.41) is 3.75. The van der Waals surface area contributed by atoms with E-state index in [1.807, 2.05) is 32.9 Å². The van der Waals surface area contributed by atoms with Gasteiger partial charge in [0.05, 0.1) is 5.69 Å². The highest BCUT2D eigenvalue weighted by Crippen LogP contribution is 2.16. The lowest BCUT2D eigenvalue weighted by Gasteiger charge is -2.01. The van der Waals surface area contributed by atoms with Crippen LogP contribution in [0.4, 0.5) is 0 Å². The monoisotopic (exact) mass is 250 g/mol. The molecule has 0 spiro atoms. The van der Waals surface area contributed by atoms with Gasteiger partial charge in [0.1, 0.15) is 0 Å². The van der Waals surface area contributed by atoms with E-state index in [-0.39, 0.29) is 11.5 Å². The van der Waals surface area contributed by atoms with Gasteiger partial charge in [-0.1, -0.05) is 25.4 Å². The standard InChI is InChI=1S/C13H15ClN2O/c1-8(2)12-9(3)15-16(13(12)17)11-6-4-10(14)5-7-11/h4-8,15H,1-3H3. The molecular weight excluding hydrogens is 236 g/mol. The number of rotatable bonds is 2. The molecule has 2 rings (SSSR count). The first-order valence-corrected chi connectivity index (χ1v) is 5.96. The van der Waals surface area contributed by atoms with Crippen LogP contribution in [0.1, 0.15) is 31.0 Å². The van der Waals surface area contributed by atoms with E-state index in [4.69, 9.17) is 11.6 Å². The van der Waals surface area contributed by atoms with Gasteiger partial charge in [-0.25, -0.2) is 4.68 Å². The summed E-state index contributed by atoms with van der Waals surface area (Å²) in [6.45, 7) is 5.96. The number of aryl methyl sites for hydroxylation is 1. The van der Waals surface area contributed by atoms with Crippen molar-refractivity contribution in [2.45, 2.75) is 26.7 Å². The van der Waals surface area contributed by atoms with Crippen molar-refractivity contribution in [1.82, 2.24) is 9.78 Å². The largest absolute Gasteiger partial charge is 0.295 e. The summed E-state index contributed by atoms with van der Waals surface area (Å²) in [6, 6.07) is 7.19. The lowest BCUT2D eigenvalue weighted by molar-refractivity contribution is 0.824. The molecule has 0 radical (unpaired) electrons. The minimum atomic E-state index is 0.0137.